The zero-order valence-corrected chi connectivity index (χ0v) is 17.8. The molecule has 1 aliphatic rings. The first-order valence-electron chi connectivity index (χ1n) is 11.0. The fourth-order valence-electron chi connectivity index (χ4n) is 4.15. The van der Waals surface area contributed by atoms with Crippen LogP contribution in [-0.2, 0) is 13.0 Å². The number of nitrogens with zero attached hydrogens (tertiary/aromatic N) is 1. The van der Waals surface area contributed by atoms with E-state index in [1.54, 1.807) is 0 Å². The van der Waals surface area contributed by atoms with Crippen LogP contribution in [0.1, 0.15) is 70.4 Å². The second-order valence-electron chi connectivity index (χ2n) is 9.21. The van der Waals surface area contributed by atoms with Crippen molar-refractivity contribution in [1.29, 1.82) is 0 Å². The van der Waals surface area contributed by atoms with Crippen LogP contribution in [0.2, 0.25) is 0 Å². The predicted octanol–water partition coefficient (Wildman–Crippen LogP) is 5.51. The molecule has 0 spiro atoms. The largest absolute Gasteiger partial charge is 0.312 e. The van der Waals surface area contributed by atoms with Crippen molar-refractivity contribution in [2.45, 2.75) is 72.3 Å². The third-order valence-electron chi connectivity index (χ3n) is 5.79. The van der Waals surface area contributed by atoms with Gasteiger partial charge in [-0.2, -0.15) is 0 Å². The van der Waals surface area contributed by atoms with Crippen molar-refractivity contribution in [3.63, 3.8) is 0 Å². The summed E-state index contributed by atoms with van der Waals surface area (Å²) >= 11 is 0. The molecule has 1 aliphatic carbocycles. The lowest BCUT2D eigenvalue weighted by atomic mass is 9.89. The van der Waals surface area contributed by atoms with Crippen LogP contribution in [0.4, 0.5) is 0 Å². The molecule has 2 heteroatoms. The summed E-state index contributed by atoms with van der Waals surface area (Å²) in [5.41, 5.74) is 2.88. The summed E-state index contributed by atoms with van der Waals surface area (Å²) in [5, 5.41) is 3.52. The number of rotatable bonds is 11. The average molecular weight is 359 g/mol. The lowest BCUT2D eigenvalue weighted by Crippen LogP contribution is -2.29. The Morgan fingerprint density at radius 2 is 1.65 bits per heavy atom. The van der Waals surface area contributed by atoms with E-state index < -0.39 is 0 Å². The summed E-state index contributed by atoms with van der Waals surface area (Å²) in [7, 11) is 2.32. The van der Waals surface area contributed by atoms with Gasteiger partial charge in [-0.3, -0.25) is 0 Å². The van der Waals surface area contributed by atoms with Crippen molar-refractivity contribution in [3.8, 4) is 0 Å². The molecule has 1 aromatic carbocycles. The van der Waals surface area contributed by atoms with E-state index in [9.17, 15) is 0 Å². The van der Waals surface area contributed by atoms with Gasteiger partial charge in [0, 0.05) is 13.1 Å². The maximum absolute atomic E-state index is 3.52. The molecular weight excluding hydrogens is 316 g/mol. The Balaban J connectivity index is 1.64. The Kier molecular flexibility index (Phi) is 9.71. The molecule has 0 amide bonds. The summed E-state index contributed by atoms with van der Waals surface area (Å²) < 4.78 is 0. The first kappa shape index (κ1) is 21.4. The monoisotopic (exact) mass is 358 g/mol. The highest BCUT2D eigenvalue weighted by atomic mass is 15.1. The van der Waals surface area contributed by atoms with E-state index in [0.717, 1.165) is 24.9 Å². The number of benzene rings is 1. The van der Waals surface area contributed by atoms with E-state index in [-0.39, 0.29) is 0 Å². The van der Waals surface area contributed by atoms with Crippen molar-refractivity contribution in [1.82, 2.24) is 10.2 Å². The maximum atomic E-state index is 3.52. The fraction of sp³-hybridized carbons (Fsp3) is 0.750. The van der Waals surface area contributed by atoms with Gasteiger partial charge in [-0.05, 0) is 74.7 Å². The fourth-order valence-corrected chi connectivity index (χ4v) is 4.15. The molecule has 0 aliphatic heterocycles. The van der Waals surface area contributed by atoms with Gasteiger partial charge in [0.15, 0.2) is 0 Å². The summed E-state index contributed by atoms with van der Waals surface area (Å²) in [6.07, 6.45) is 9.80. The molecule has 26 heavy (non-hydrogen) atoms. The molecule has 0 bridgehead atoms. The van der Waals surface area contributed by atoms with Crippen molar-refractivity contribution in [3.05, 3.63) is 35.4 Å². The van der Waals surface area contributed by atoms with E-state index in [1.807, 2.05) is 0 Å². The Labute approximate surface area is 162 Å². The SMILES string of the molecule is CC(C)CNCc1ccc(C[C@H](C)CCN(C)CC2CCCCC2)cc1. The molecule has 0 saturated heterocycles. The molecule has 0 radical (unpaired) electrons. The highest BCUT2D eigenvalue weighted by molar-refractivity contribution is 5.22. The summed E-state index contributed by atoms with van der Waals surface area (Å²) in [6, 6.07) is 9.25. The van der Waals surface area contributed by atoms with Crippen LogP contribution >= 0.6 is 0 Å². The first-order valence-corrected chi connectivity index (χ1v) is 11.0. The molecule has 1 N–H and O–H groups in total. The van der Waals surface area contributed by atoms with Gasteiger partial charge < -0.3 is 10.2 Å². The normalized spacial score (nSPS) is 17.2. The average Bonchev–Trinajstić information content (AvgIpc) is 2.62. The van der Waals surface area contributed by atoms with E-state index in [4.69, 9.17) is 0 Å². The van der Waals surface area contributed by atoms with Gasteiger partial charge in [0.2, 0.25) is 0 Å². The maximum Gasteiger partial charge on any atom is 0.0205 e. The summed E-state index contributed by atoms with van der Waals surface area (Å²) in [4.78, 5) is 2.58. The quantitative estimate of drug-likeness (QED) is 0.561. The van der Waals surface area contributed by atoms with Gasteiger partial charge in [0.1, 0.15) is 0 Å². The molecule has 1 saturated carbocycles. The van der Waals surface area contributed by atoms with Gasteiger partial charge in [-0.15, -0.1) is 0 Å². The smallest absolute Gasteiger partial charge is 0.0205 e. The Morgan fingerprint density at radius 3 is 2.31 bits per heavy atom. The third kappa shape index (κ3) is 8.68. The zero-order chi connectivity index (χ0) is 18.8. The predicted molar refractivity (Wildman–Crippen MR) is 115 cm³/mol. The Bertz CT molecular complexity index is 473. The van der Waals surface area contributed by atoms with Crippen molar-refractivity contribution >= 4 is 0 Å². The minimum Gasteiger partial charge on any atom is -0.312 e. The molecule has 2 nitrogen and oxygen atoms in total. The molecule has 0 heterocycles. The topological polar surface area (TPSA) is 15.3 Å². The Morgan fingerprint density at radius 1 is 1.00 bits per heavy atom. The van der Waals surface area contributed by atoms with E-state index in [0.29, 0.717) is 5.92 Å². The van der Waals surface area contributed by atoms with Crippen LogP contribution < -0.4 is 5.32 Å². The molecule has 1 fully saturated rings. The van der Waals surface area contributed by atoms with Crippen LogP contribution in [0.3, 0.4) is 0 Å². The minimum absolute atomic E-state index is 0.714. The lowest BCUT2D eigenvalue weighted by Gasteiger charge is -2.27. The zero-order valence-electron chi connectivity index (χ0n) is 17.8. The highest BCUT2D eigenvalue weighted by Gasteiger charge is 2.15. The summed E-state index contributed by atoms with van der Waals surface area (Å²) in [5.74, 6) is 2.43. The molecule has 0 unspecified atom stereocenters. The van der Waals surface area contributed by atoms with Crippen molar-refractivity contribution in [2.75, 3.05) is 26.7 Å². The molecule has 1 aromatic rings. The van der Waals surface area contributed by atoms with Crippen LogP contribution in [-0.4, -0.2) is 31.6 Å². The second-order valence-corrected chi connectivity index (χ2v) is 9.21. The number of hydrogen-bond donors (Lipinski definition) is 1. The van der Waals surface area contributed by atoms with Crippen LogP contribution in [0.5, 0.6) is 0 Å². The van der Waals surface area contributed by atoms with E-state index in [1.165, 1.54) is 69.2 Å². The van der Waals surface area contributed by atoms with E-state index in [2.05, 4.69) is 62.3 Å². The third-order valence-corrected chi connectivity index (χ3v) is 5.79. The molecule has 148 valence electrons. The van der Waals surface area contributed by atoms with Gasteiger partial charge in [-0.1, -0.05) is 64.3 Å². The van der Waals surface area contributed by atoms with Crippen LogP contribution in [0.15, 0.2) is 24.3 Å². The van der Waals surface area contributed by atoms with Crippen molar-refractivity contribution < 1.29 is 0 Å². The minimum atomic E-state index is 0.714. The van der Waals surface area contributed by atoms with E-state index >= 15 is 0 Å². The second kappa shape index (κ2) is 11.8. The Hall–Kier alpha value is -0.860. The number of nitrogens with one attached hydrogen (secondary N) is 1. The molecular formula is C24H42N2. The first-order chi connectivity index (χ1) is 12.5. The van der Waals surface area contributed by atoms with Crippen LogP contribution in [0.25, 0.3) is 0 Å². The number of hydrogen-bond acceptors (Lipinski definition) is 2. The lowest BCUT2D eigenvalue weighted by molar-refractivity contribution is 0.223. The standard InChI is InChI=1S/C24H42N2/c1-20(2)17-25-18-23-12-10-22(11-13-23)16-21(3)14-15-26(4)19-24-8-6-5-7-9-24/h10-13,20-21,24-25H,5-9,14-19H2,1-4H3/t21-/m1/s1. The van der Waals surface area contributed by atoms with Crippen LogP contribution in [0, 0.1) is 17.8 Å². The summed E-state index contributed by atoms with van der Waals surface area (Å²) in [6.45, 7) is 11.5. The van der Waals surface area contributed by atoms with Gasteiger partial charge in [0.05, 0.1) is 0 Å². The molecule has 1 atom stereocenters. The van der Waals surface area contributed by atoms with Gasteiger partial charge in [-0.25, -0.2) is 0 Å². The van der Waals surface area contributed by atoms with Crippen molar-refractivity contribution in [2.24, 2.45) is 17.8 Å². The highest BCUT2D eigenvalue weighted by Crippen LogP contribution is 2.24. The molecule has 0 aromatic heterocycles. The molecule has 2 rings (SSSR count). The van der Waals surface area contributed by atoms with Gasteiger partial charge in [0.25, 0.3) is 0 Å². The van der Waals surface area contributed by atoms with Gasteiger partial charge >= 0.3 is 0 Å².